The molecule has 6 rings (SSSR count). The van der Waals surface area contributed by atoms with Crippen LogP contribution < -0.4 is 0 Å². The van der Waals surface area contributed by atoms with E-state index in [2.05, 4.69) is 10.1 Å². The van der Waals surface area contributed by atoms with E-state index < -0.39 is 20.5 Å². The molecule has 0 bridgehead atoms. The molecule has 6 nitrogen and oxygen atoms in total. The average Bonchev–Trinajstić information content (AvgIpc) is 3.34. The molecule has 2 aromatic carbocycles. The Bertz CT molecular complexity index is 1570. The van der Waals surface area contributed by atoms with Crippen LogP contribution in [0.2, 0.25) is 0 Å². The lowest BCUT2D eigenvalue weighted by Crippen LogP contribution is -2.51. The molecule has 2 aromatic heterocycles. The third-order valence-electron chi connectivity index (χ3n) is 8.25. The van der Waals surface area contributed by atoms with Gasteiger partial charge in [0.1, 0.15) is 11.5 Å². The van der Waals surface area contributed by atoms with Crippen LogP contribution in [0, 0.1) is 17.2 Å². The average molecular weight is 530 g/mol. The van der Waals surface area contributed by atoms with Crippen LogP contribution in [0.5, 0.6) is 0 Å². The monoisotopic (exact) mass is 529 g/mol. The number of carbonyl (C=O) groups excluding carboxylic acids is 1. The number of carbonyl (C=O) groups is 1. The lowest BCUT2D eigenvalue weighted by atomic mass is 9.56. The number of benzene rings is 2. The van der Waals surface area contributed by atoms with Crippen LogP contribution in [-0.4, -0.2) is 34.2 Å². The Hall–Kier alpha value is -3.65. The van der Waals surface area contributed by atoms with Gasteiger partial charge in [0.25, 0.3) is 0 Å². The van der Waals surface area contributed by atoms with Crippen LogP contribution in [0.15, 0.2) is 85.2 Å². The largest absolute Gasteiger partial charge is 0.292 e. The normalized spacial score (nSPS) is 22.9. The van der Waals surface area contributed by atoms with E-state index in [0.717, 1.165) is 22.5 Å². The van der Waals surface area contributed by atoms with Crippen molar-refractivity contribution in [1.82, 2.24) is 14.8 Å². The third kappa shape index (κ3) is 4.36. The summed E-state index contributed by atoms with van der Waals surface area (Å²) in [5.41, 5.74) is 2.92. The zero-order chi connectivity index (χ0) is 26.3. The number of halogens is 1. The summed E-state index contributed by atoms with van der Waals surface area (Å²) in [6.45, 7) is 0. The van der Waals surface area contributed by atoms with Crippen LogP contribution in [0.3, 0.4) is 0 Å². The molecule has 38 heavy (non-hydrogen) atoms. The fourth-order valence-corrected chi connectivity index (χ4v) is 8.28. The van der Waals surface area contributed by atoms with Crippen molar-refractivity contribution in [2.45, 2.75) is 43.1 Å². The molecule has 1 fully saturated rings. The Kier molecular flexibility index (Phi) is 6.22. The van der Waals surface area contributed by atoms with Gasteiger partial charge in [-0.25, -0.2) is 17.5 Å². The van der Waals surface area contributed by atoms with Crippen molar-refractivity contribution < 1.29 is 17.6 Å². The van der Waals surface area contributed by atoms with Gasteiger partial charge in [-0.1, -0.05) is 36.4 Å². The quantitative estimate of drug-likeness (QED) is 0.323. The van der Waals surface area contributed by atoms with E-state index in [4.69, 9.17) is 0 Å². The number of pyridine rings is 1. The number of sulfone groups is 1. The van der Waals surface area contributed by atoms with Gasteiger partial charge in [-0.2, -0.15) is 5.10 Å². The van der Waals surface area contributed by atoms with Crippen LogP contribution >= 0.6 is 0 Å². The molecule has 2 aliphatic carbocycles. The predicted octanol–water partition coefficient (Wildman–Crippen LogP) is 5.16. The van der Waals surface area contributed by atoms with Gasteiger partial charge >= 0.3 is 0 Å². The van der Waals surface area contributed by atoms with Gasteiger partial charge in [-0.15, -0.1) is 0 Å². The zero-order valence-corrected chi connectivity index (χ0v) is 21.6. The van der Waals surface area contributed by atoms with Crippen molar-refractivity contribution >= 4 is 15.6 Å². The maximum Gasteiger partial charge on any atom is 0.187 e. The Balaban J connectivity index is 1.39. The zero-order valence-electron chi connectivity index (χ0n) is 20.8. The first-order valence-corrected chi connectivity index (χ1v) is 14.6. The van der Waals surface area contributed by atoms with E-state index in [1.165, 1.54) is 12.1 Å². The van der Waals surface area contributed by atoms with Gasteiger partial charge in [0.05, 0.1) is 22.9 Å². The van der Waals surface area contributed by atoms with Crippen LogP contribution in [0.1, 0.15) is 46.6 Å². The second-order valence-electron chi connectivity index (χ2n) is 10.5. The Morgan fingerprint density at radius 1 is 1.00 bits per heavy atom. The lowest BCUT2D eigenvalue weighted by Gasteiger charge is -2.48. The van der Waals surface area contributed by atoms with E-state index in [-0.39, 0.29) is 29.7 Å². The van der Waals surface area contributed by atoms with E-state index in [0.29, 0.717) is 31.4 Å². The van der Waals surface area contributed by atoms with Crippen molar-refractivity contribution in [2.75, 3.05) is 0 Å². The topological polar surface area (TPSA) is 81.9 Å². The second-order valence-corrected chi connectivity index (χ2v) is 12.8. The van der Waals surface area contributed by atoms with Crippen molar-refractivity contribution in [3.63, 3.8) is 0 Å². The molecule has 194 valence electrons. The molecule has 0 N–H and O–H groups in total. The Morgan fingerprint density at radius 2 is 1.76 bits per heavy atom. The summed E-state index contributed by atoms with van der Waals surface area (Å²) in [7, 11) is -3.49. The van der Waals surface area contributed by atoms with Crippen LogP contribution in [0.25, 0.3) is 5.69 Å². The number of fused-ring (bicyclic) bond motifs is 2. The van der Waals surface area contributed by atoms with Crippen molar-refractivity contribution in [1.29, 1.82) is 0 Å². The SMILES string of the molecule is O=C(c1ccccn1)[C@]12Cc3cnn(-c4ccc(F)cc4)c3CC1CC[C@@H](S(=O)(=O)Cc1ccccc1)C2. The minimum Gasteiger partial charge on any atom is -0.292 e. The summed E-state index contributed by atoms with van der Waals surface area (Å²) >= 11 is 0. The van der Waals surface area contributed by atoms with E-state index in [1.807, 2.05) is 35.0 Å². The summed E-state index contributed by atoms with van der Waals surface area (Å²) in [5.74, 6) is -0.499. The summed E-state index contributed by atoms with van der Waals surface area (Å²) in [6, 6.07) is 20.7. The standard InChI is InChI=1S/C30H28FN3O3S/c31-24-10-12-25(13-11-24)34-28-16-23-9-14-26(38(36,37)20-21-6-2-1-3-7-21)18-30(23,17-22(28)19-33-34)29(35)27-8-4-5-15-32-27/h1-8,10-13,15,19,23,26H,9,14,16-18,20H2/t23?,26-,30+/m1/s1. The van der Waals surface area contributed by atoms with Crippen LogP contribution in [-0.2, 0) is 28.4 Å². The number of nitrogens with zero attached hydrogens (tertiary/aromatic N) is 3. The maximum absolute atomic E-state index is 14.2. The molecular weight excluding hydrogens is 501 g/mol. The Labute approximate surface area is 221 Å². The van der Waals surface area contributed by atoms with Crippen molar-refractivity contribution in [3.05, 3.63) is 114 Å². The first-order chi connectivity index (χ1) is 18.4. The van der Waals surface area contributed by atoms with Gasteiger partial charge in [-0.05, 0) is 85.5 Å². The number of hydrogen-bond donors (Lipinski definition) is 0. The summed E-state index contributed by atoms with van der Waals surface area (Å²) in [5, 5.41) is 3.98. The highest BCUT2D eigenvalue weighted by Crippen LogP contribution is 2.52. The molecule has 0 saturated heterocycles. The maximum atomic E-state index is 14.2. The third-order valence-corrected chi connectivity index (χ3v) is 10.4. The minimum atomic E-state index is -3.49. The molecule has 4 aromatic rings. The molecule has 0 aliphatic heterocycles. The van der Waals surface area contributed by atoms with E-state index in [1.54, 1.807) is 42.7 Å². The van der Waals surface area contributed by atoms with Gasteiger partial charge in [0, 0.05) is 17.3 Å². The molecule has 8 heteroatoms. The number of hydrogen-bond acceptors (Lipinski definition) is 5. The van der Waals surface area contributed by atoms with E-state index in [9.17, 15) is 17.6 Å². The highest BCUT2D eigenvalue weighted by atomic mass is 32.2. The van der Waals surface area contributed by atoms with Gasteiger partial charge in [0.15, 0.2) is 15.6 Å². The van der Waals surface area contributed by atoms with Crippen molar-refractivity contribution in [2.24, 2.45) is 11.3 Å². The molecule has 2 heterocycles. The fourth-order valence-electron chi connectivity index (χ4n) is 6.34. The predicted molar refractivity (Wildman–Crippen MR) is 142 cm³/mol. The minimum absolute atomic E-state index is 0.0369. The smallest absolute Gasteiger partial charge is 0.187 e. The molecule has 1 saturated carbocycles. The summed E-state index contributed by atoms with van der Waals surface area (Å²) in [6.07, 6.45) is 5.76. The first-order valence-electron chi connectivity index (χ1n) is 12.9. The summed E-state index contributed by atoms with van der Waals surface area (Å²) < 4.78 is 42.6. The summed E-state index contributed by atoms with van der Waals surface area (Å²) in [4.78, 5) is 18.5. The Morgan fingerprint density at radius 3 is 2.50 bits per heavy atom. The number of aromatic nitrogens is 3. The first kappa shape index (κ1) is 24.7. The van der Waals surface area contributed by atoms with Crippen molar-refractivity contribution in [3.8, 4) is 5.69 Å². The fraction of sp³-hybridized carbons (Fsp3) is 0.300. The molecular formula is C30H28FN3O3S. The lowest BCUT2D eigenvalue weighted by molar-refractivity contribution is 0.0487. The highest BCUT2D eigenvalue weighted by Gasteiger charge is 2.54. The molecule has 0 spiro atoms. The van der Waals surface area contributed by atoms with Gasteiger partial charge < -0.3 is 0 Å². The number of ketones is 1. The second kappa shape index (κ2) is 9.58. The molecule has 1 unspecified atom stereocenters. The van der Waals surface area contributed by atoms with Gasteiger partial charge in [0.2, 0.25) is 0 Å². The van der Waals surface area contributed by atoms with Crippen LogP contribution in [0.4, 0.5) is 4.39 Å². The molecule has 0 radical (unpaired) electrons. The molecule has 3 atom stereocenters. The van der Waals surface area contributed by atoms with E-state index >= 15 is 0 Å². The number of rotatable bonds is 6. The van der Waals surface area contributed by atoms with Gasteiger partial charge in [-0.3, -0.25) is 9.78 Å². The molecule has 0 amide bonds. The molecule has 2 aliphatic rings. The highest BCUT2D eigenvalue weighted by molar-refractivity contribution is 7.91. The number of Topliss-reactive ketones (excluding diaryl/α,β-unsaturated/α-hetero) is 1.